The lowest BCUT2D eigenvalue weighted by atomic mass is 9.78. The highest BCUT2D eigenvalue weighted by atomic mass is 19.1. The third kappa shape index (κ3) is 2.14. The molecule has 0 aliphatic heterocycles. The van der Waals surface area contributed by atoms with Crippen LogP contribution in [0.3, 0.4) is 0 Å². The van der Waals surface area contributed by atoms with Gasteiger partial charge in [-0.3, -0.25) is 4.79 Å². The summed E-state index contributed by atoms with van der Waals surface area (Å²) in [6.07, 6.45) is 1.58. The smallest absolute Gasteiger partial charge is 0.314 e. The van der Waals surface area contributed by atoms with Crippen LogP contribution in [0.15, 0.2) is 47.1 Å². The number of halogens is 1. The van der Waals surface area contributed by atoms with Gasteiger partial charge in [0.15, 0.2) is 0 Å². The molecule has 1 N–H and O–H groups in total. The fourth-order valence-corrected chi connectivity index (χ4v) is 1.96. The van der Waals surface area contributed by atoms with Crippen molar-refractivity contribution < 1.29 is 18.7 Å². The zero-order chi connectivity index (χ0) is 13.2. The van der Waals surface area contributed by atoms with Crippen LogP contribution in [-0.2, 0) is 16.6 Å². The van der Waals surface area contributed by atoms with Crippen LogP contribution in [0.2, 0.25) is 0 Å². The Kier molecular flexibility index (Phi) is 3.19. The fourth-order valence-electron chi connectivity index (χ4n) is 1.96. The summed E-state index contributed by atoms with van der Waals surface area (Å²) in [7, 11) is 0. The molecule has 1 aromatic heterocycles. The van der Waals surface area contributed by atoms with Crippen molar-refractivity contribution in [2.45, 2.75) is 18.8 Å². The number of carbonyl (C=O) groups is 1. The van der Waals surface area contributed by atoms with Crippen molar-refractivity contribution in [3.63, 3.8) is 0 Å². The van der Waals surface area contributed by atoms with Gasteiger partial charge in [-0.05, 0) is 25.1 Å². The van der Waals surface area contributed by atoms with E-state index in [1.807, 2.05) is 0 Å². The number of rotatable bonds is 4. The first kappa shape index (κ1) is 12.4. The Bertz CT molecular complexity index is 548. The second-order valence-corrected chi connectivity index (χ2v) is 4.37. The molecule has 3 nitrogen and oxygen atoms in total. The maximum absolute atomic E-state index is 13.8. The van der Waals surface area contributed by atoms with Gasteiger partial charge in [0.2, 0.25) is 0 Å². The molecule has 4 heteroatoms. The Morgan fingerprint density at radius 2 is 2.06 bits per heavy atom. The van der Waals surface area contributed by atoms with E-state index in [2.05, 4.69) is 0 Å². The Morgan fingerprint density at radius 1 is 1.33 bits per heavy atom. The van der Waals surface area contributed by atoms with Gasteiger partial charge < -0.3 is 9.52 Å². The van der Waals surface area contributed by atoms with Gasteiger partial charge in [-0.1, -0.05) is 18.2 Å². The van der Waals surface area contributed by atoms with Crippen molar-refractivity contribution in [1.29, 1.82) is 0 Å². The van der Waals surface area contributed by atoms with E-state index in [0.29, 0.717) is 5.76 Å². The van der Waals surface area contributed by atoms with E-state index in [1.54, 1.807) is 18.2 Å². The molecule has 1 unspecified atom stereocenters. The van der Waals surface area contributed by atoms with E-state index in [9.17, 15) is 14.3 Å². The molecule has 0 saturated heterocycles. The minimum Gasteiger partial charge on any atom is -0.481 e. The van der Waals surface area contributed by atoms with Crippen LogP contribution in [0.5, 0.6) is 0 Å². The summed E-state index contributed by atoms with van der Waals surface area (Å²) in [6.45, 7) is 1.50. The molecule has 0 bridgehead atoms. The van der Waals surface area contributed by atoms with Gasteiger partial charge in [-0.15, -0.1) is 0 Å². The predicted molar refractivity (Wildman–Crippen MR) is 63.8 cm³/mol. The normalized spacial score (nSPS) is 14.1. The number of furan rings is 1. The lowest BCUT2D eigenvalue weighted by Gasteiger charge is -2.24. The number of hydrogen-bond donors (Lipinski definition) is 1. The van der Waals surface area contributed by atoms with E-state index in [-0.39, 0.29) is 12.0 Å². The summed E-state index contributed by atoms with van der Waals surface area (Å²) in [4.78, 5) is 11.5. The van der Waals surface area contributed by atoms with Crippen molar-refractivity contribution in [2.24, 2.45) is 0 Å². The van der Waals surface area contributed by atoms with Gasteiger partial charge in [0.05, 0.1) is 11.7 Å². The summed E-state index contributed by atoms with van der Waals surface area (Å²) in [5.41, 5.74) is -1.18. The van der Waals surface area contributed by atoms with Gasteiger partial charge in [-0.25, -0.2) is 4.39 Å². The highest BCUT2D eigenvalue weighted by molar-refractivity contribution is 5.81. The van der Waals surface area contributed by atoms with Gasteiger partial charge >= 0.3 is 5.97 Å². The maximum atomic E-state index is 13.8. The first-order valence-electron chi connectivity index (χ1n) is 5.55. The quantitative estimate of drug-likeness (QED) is 0.904. The van der Waals surface area contributed by atoms with Gasteiger partial charge in [0.25, 0.3) is 0 Å². The molecule has 0 aliphatic carbocycles. The van der Waals surface area contributed by atoms with E-state index in [4.69, 9.17) is 4.42 Å². The van der Waals surface area contributed by atoms with E-state index in [1.165, 1.54) is 31.4 Å². The van der Waals surface area contributed by atoms with Crippen LogP contribution < -0.4 is 0 Å². The third-order valence-electron chi connectivity index (χ3n) is 3.05. The van der Waals surface area contributed by atoms with E-state index >= 15 is 0 Å². The molecule has 2 aromatic rings. The summed E-state index contributed by atoms with van der Waals surface area (Å²) >= 11 is 0. The molecule has 0 saturated carbocycles. The van der Waals surface area contributed by atoms with Crippen LogP contribution in [-0.4, -0.2) is 11.1 Å². The molecule has 0 fully saturated rings. The SMILES string of the molecule is CC(Cc1ccco1)(C(=O)O)c1ccccc1F. The Labute approximate surface area is 104 Å². The monoisotopic (exact) mass is 248 g/mol. The minimum atomic E-state index is -1.34. The molecular formula is C14H13FO3. The van der Waals surface area contributed by atoms with E-state index < -0.39 is 17.2 Å². The lowest BCUT2D eigenvalue weighted by molar-refractivity contribution is -0.143. The molecule has 18 heavy (non-hydrogen) atoms. The van der Waals surface area contributed by atoms with Crippen molar-refractivity contribution in [1.82, 2.24) is 0 Å². The van der Waals surface area contributed by atoms with Gasteiger partial charge in [0, 0.05) is 12.0 Å². The van der Waals surface area contributed by atoms with Crippen LogP contribution in [0.1, 0.15) is 18.2 Å². The second-order valence-electron chi connectivity index (χ2n) is 4.37. The molecule has 1 heterocycles. The van der Waals surface area contributed by atoms with Crippen molar-refractivity contribution >= 4 is 5.97 Å². The Morgan fingerprint density at radius 3 is 2.61 bits per heavy atom. The topological polar surface area (TPSA) is 50.4 Å². The standard InChI is InChI=1S/C14H13FO3/c1-14(13(16)17,9-10-5-4-8-18-10)11-6-2-3-7-12(11)15/h2-8H,9H2,1H3,(H,16,17). The lowest BCUT2D eigenvalue weighted by Crippen LogP contribution is -2.35. The van der Waals surface area contributed by atoms with Crippen molar-refractivity contribution in [3.05, 3.63) is 59.8 Å². The average Bonchev–Trinajstić information content (AvgIpc) is 2.81. The summed E-state index contributed by atoms with van der Waals surface area (Å²) in [5.74, 6) is -1.08. The zero-order valence-corrected chi connectivity index (χ0v) is 9.89. The average molecular weight is 248 g/mol. The third-order valence-corrected chi connectivity index (χ3v) is 3.05. The minimum absolute atomic E-state index is 0.107. The fraction of sp³-hybridized carbons (Fsp3) is 0.214. The number of hydrogen-bond acceptors (Lipinski definition) is 2. The van der Waals surface area contributed by atoms with Crippen LogP contribution in [0.25, 0.3) is 0 Å². The van der Waals surface area contributed by atoms with Gasteiger partial charge in [0.1, 0.15) is 11.6 Å². The first-order chi connectivity index (χ1) is 8.54. The molecule has 1 aromatic carbocycles. The Hall–Kier alpha value is -2.10. The van der Waals surface area contributed by atoms with Crippen LogP contribution in [0.4, 0.5) is 4.39 Å². The molecule has 0 aliphatic rings. The molecule has 2 rings (SSSR count). The molecule has 0 amide bonds. The molecule has 0 spiro atoms. The molecule has 94 valence electrons. The summed E-state index contributed by atoms with van der Waals surface area (Å²) in [5, 5.41) is 9.40. The largest absolute Gasteiger partial charge is 0.481 e. The van der Waals surface area contributed by atoms with Crippen molar-refractivity contribution in [2.75, 3.05) is 0 Å². The maximum Gasteiger partial charge on any atom is 0.314 e. The van der Waals surface area contributed by atoms with Crippen molar-refractivity contribution in [3.8, 4) is 0 Å². The predicted octanol–water partition coefficient (Wildman–Crippen LogP) is 3.00. The molecule has 0 radical (unpaired) electrons. The zero-order valence-electron chi connectivity index (χ0n) is 9.89. The van der Waals surface area contributed by atoms with Crippen LogP contribution >= 0.6 is 0 Å². The number of carboxylic acids is 1. The summed E-state index contributed by atoms with van der Waals surface area (Å²) in [6, 6.07) is 9.28. The first-order valence-corrected chi connectivity index (χ1v) is 5.55. The van der Waals surface area contributed by atoms with Gasteiger partial charge in [-0.2, -0.15) is 0 Å². The highest BCUT2D eigenvalue weighted by Crippen LogP contribution is 2.30. The number of aliphatic carboxylic acids is 1. The summed E-state index contributed by atoms with van der Waals surface area (Å²) < 4.78 is 18.9. The highest BCUT2D eigenvalue weighted by Gasteiger charge is 2.38. The van der Waals surface area contributed by atoms with E-state index in [0.717, 1.165) is 0 Å². The van der Waals surface area contributed by atoms with Crippen LogP contribution in [0, 0.1) is 5.82 Å². The Balaban J connectivity index is 2.45. The molecular weight excluding hydrogens is 235 g/mol. The molecule has 1 atom stereocenters. The second kappa shape index (κ2) is 4.64. The number of benzene rings is 1. The number of carboxylic acid groups (broad SMARTS) is 1.